The maximum absolute atomic E-state index is 12.7. The minimum absolute atomic E-state index is 0.135. The molecule has 0 saturated carbocycles. The van der Waals surface area contributed by atoms with Crippen LogP contribution in [0.2, 0.25) is 0 Å². The second-order valence-electron chi connectivity index (χ2n) is 6.62. The predicted octanol–water partition coefficient (Wildman–Crippen LogP) is 3.66. The molecule has 2 rings (SSSR count). The Labute approximate surface area is 161 Å². The summed E-state index contributed by atoms with van der Waals surface area (Å²) in [5.74, 6) is -0.398. The van der Waals surface area contributed by atoms with E-state index < -0.39 is 0 Å². The van der Waals surface area contributed by atoms with Crippen molar-refractivity contribution in [2.45, 2.75) is 26.7 Å². The van der Waals surface area contributed by atoms with Crippen molar-refractivity contribution < 1.29 is 9.59 Å². The quantitative estimate of drug-likeness (QED) is 0.772. The number of aromatic nitrogens is 1. The van der Waals surface area contributed by atoms with Crippen LogP contribution in [0.5, 0.6) is 0 Å². The van der Waals surface area contributed by atoms with Crippen molar-refractivity contribution >= 4 is 23.2 Å². The molecule has 1 N–H and O–H groups in total. The molecule has 0 radical (unpaired) electrons. The van der Waals surface area contributed by atoms with Gasteiger partial charge in [0.1, 0.15) is 5.69 Å². The fourth-order valence-corrected chi connectivity index (χ4v) is 2.75. The zero-order valence-corrected chi connectivity index (χ0v) is 16.5. The number of hydrogen-bond acceptors (Lipinski definition) is 4. The van der Waals surface area contributed by atoms with Gasteiger partial charge in [-0.1, -0.05) is 13.8 Å². The molecule has 1 aromatic heterocycles. The third-order valence-corrected chi connectivity index (χ3v) is 4.16. The van der Waals surface area contributed by atoms with Gasteiger partial charge < -0.3 is 15.1 Å². The van der Waals surface area contributed by atoms with Crippen LogP contribution in [0.1, 0.15) is 47.5 Å². The van der Waals surface area contributed by atoms with Crippen LogP contribution in [-0.4, -0.2) is 48.9 Å². The lowest BCUT2D eigenvalue weighted by molar-refractivity contribution is 0.0749. The maximum Gasteiger partial charge on any atom is 0.272 e. The van der Waals surface area contributed by atoms with Crippen LogP contribution in [-0.2, 0) is 0 Å². The average molecular weight is 368 g/mol. The molecule has 1 aromatic carbocycles. The van der Waals surface area contributed by atoms with Gasteiger partial charge in [0.25, 0.3) is 11.8 Å². The molecule has 0 aliphatic carbocycles. The minimum Gasteiger partial charge on any atom is -0.378 e. The summed E-state index contributed by atoms with van der Waals surface area (Å²) in [6, 6.07) is 10.7. The highest BCUT2D eigenvalue weighted by Crippen LogP contribution is 2.17. The van der Waals surface area contributed by atoms with Crippen molar-refractivity contribution in [2.24, 2.45) is 0 Å². The molecule has 2 aromatic rings. The van der Waals surface area contributed by atoms with Crippen LogP contribution < -0.4 is 10.2 Å². The predicted molar refractivity (Wildman–Crippen MR) is 109 cm³/mol. The number of carbonyl (C=O) groups is 2. The first-order chi connectivity index (χ1) is 13.0. The van der Waals surface area contributed by atoms with Crippen molar-refractivity contribution in [3.63, 3.8) is 0 Å². The topological polar surface area (TPSA) is 65.5 Å². The third-order valence-electron chi connectivity index (χ3n) is 4.16. The largest absolute Gasteiger partial charge is 0.378 e. The lowest BCUT2D eigenvalue weighted by atomic mass is 10.2. The van der Waals surface area contributed by atoms with Crippen molar-refractivity contribution in [2.75, 3.05) is 37.4 Å². The number of hydrogen-bond donors (Lipinski definition) is 1. The SMILES string of the molecule is CCCN(CCC)C(=O)c1cc(C(=O)Nc2ccc(N(C)C)cc2)ccn1. The van der Waals surface area contributed by atoms with Gasteiger partial charge >= 0.3 is 0 Å². The van der Waals surface area contributed by atoms with Gasteiger partial charge in [-0.05, 0) is 49.2 Å². The first-order valence-corrected chi connectivity index (χ1v) is 9.30. The number of rotatable bonds is 8. The Hall–Kier alpha value is -2.89. The summed E-state index contributed by atoms with van der Waals surface area (Å²) in [4.78, 5) is 33.2. The highest BCUT2D eigenvalue weighted by atomic mass is 16.2. The minimum atomic E-state index is -0.262. The number of amides is 2. The standard InChI is InChI=1S/C21H28N4O2/c1-5-13-25(14-6-2)21(27)19-15-16(11-12-22-19)20(26)23-17-7-9-18(10-8-17)24(3)4/h7-12,15H,5-6,13-14H2,1-4H3,(H,23,26). The van der Waals surface area contributed by atoms with Crippen LogP contribution in [0, 0.1) is 0 Å². The summed E-state index contributed by atoms with van der Waals surface area (Å²) in [5, 5.41) is 2.86. The molecule has 144 valence electrons. The van der Waals surface area contributed by atoms with E-state index in [-0.39, 0.29) is 11.8 Å². The van der Waals surface area contributed by atoms with Gasteiger partial charge in [-0.15, -0.1) is 0 Å². The molecule has 6 nitrogen and oxygen atoms in total. The Morgan fingerprint density at radius 2 is 1.63 bits per heavy atom. The van der Waals surface area contributed by atoms with Crippen LogP contribution in [0.3, 0.4) is 0 Å². The number of anilines is 2. The molecular weight excluding hydrogens is 340 g/mol. The fraction of sp³-hybridized carbons (Fsp3) is 0.381. The molecule has 0 atom stereocenters. The van der Waals surface area contributed by atoms with Gasteiger partial charge in [-0.2, -0.15) is 0 Å². The summed E-state index contributed by atoms with van der Waals surface area (Å²) < 4.78 is 0. The highest BCUT2D eigenvalue weighted by Gasteiger charge is 2.17. The van der Waals surface area contributed by atoms with E-state index in [1.807, 2.05) is 57.1 Å². The first kappa shape index (κ1) is 20.4. The normalized spacial score (nSPS) is 10.4. The fourth-order valence-electron chi connectivity index (χ4n) is 2.75. The molecule has 1 heterocycles. The van der Waals surface area contributed by atoms with Crippen LogP contribution in [0.25, 0.3) is 0 Å². The zero-order valence-electron chi connectivity index (χ0n) is 16.5. The van der Waals surface area contributed by atoms with Gasteiger partial charge in [-0.3, -0.25) is 14.6 Å². The van der Waals surface area contributed by atoms with Gasteiger partial charge in [0.15, 0.2) is 0 Å². The molecule has 2 amide bonds. The summed E-state index contributed by atoms with van der Waals surface area (Å²) >= 11 is 0. The van der Waals surface area contributed by atoms with Crippen molar-refractivity contribution in [1.82, 2.24) is 9.88 Å². The van der Waals surface area contributed by atoms with E-state index >= 15 is 0 Å². The van der Waals surface area contributed by atoms with E-state index in [0.29, 0.717) is 30.0 Å². The van der Waals surface area contributed by atoms with Crippen LogP contribution in [0.4, 0.5) is 11.4 Å². The maximum atomic E-state index is 12.7. The zero-order chi connectivity index (χ0) is 19.8. The summed E-state index contributed by atoms with van der Waals surface area (Å²) in [7, 11) is 3.92. The average Bonchev–Trinajstić information content (AvgIpc) is 2.67. The van der Waals surface area contributed by atoms with E-state index in [0.717, 1.165) is 18.5 Å². The Kier molecular flexibility index (Phi) is 7.34. The molecule has 0 aliphatic heterocycles. The number of pyridine rings is 1. The van der Waals surface area contributed by atoms with Crippen molar-refractivity contribution in [1.29, 1.82) is 0 Å². The number of benzene rings is 1. The van der Waals surface area contributed by atoms with Crippen molar-refractivity contribution in [3.8, 4) is 0 Å². The van der Waals surface area contributed by atoms with Crippen LogP contribution in [0.15, 0.2) is 42.6 Å². The lowest BCUT2D eigenvalue weighted by Crippen LogP contribution is -2.33. The lowest BCUT2D eigenvalue weighted by Gasteiger charge is -2.21. The van der Waals surface area contributed by atoms with Crippen LogP contribution >= 0.6 is 0 Å². The third kappa shape index (κ3) is 5.54. The smallest absolute Gasteiger partial charge is 0.272 e. The molecule has 0 aliphatic rings. The van der Waals surface area contributed by atoms with Crippen molar-refractivity contribution in [3.05, 3.63) is 53.9 Å². The number of carbonyl (C=O) groups excluding carboxylic acids is 2. The second kappa shape index (κ2) is 9.71. The summed E-state index contributed by atoms with van der Waals surface area (Å²) in [5.41, 5.74) is 2.47. The second-order valence-corrected chi connectivity index (χ2v) is 6.62. The van der Waals surface area contributed by atoms with E-state index in [2.05, 4.69) is 10.3 Å². The molecule has 0 bridgehead atoms. The Balaban J connectivity index is 2.13. The Bertz CT molecular complexity index is 766. The van der Waals surface area contributed by atoms with Gasteiger partial charge in [-0.25, -0.2) is 0 Å². The Morgan fingerprint density at radius 3 is 2.19 bits per heavy atom. The van der Waals surface area contributed by atoms with Gasteiger partial charge in [0.2, 0.25) is 0 Å². The molecule has 0 unspecified atom stereocenters. The Morgan fingerprint density at radius 1 is 1.00 bits per heavy atom. The first-order valence-electron chi connectivity index (χ1n) is 9.30. The van der Waals surface area contributed by atoms with Gasteiger partial charge in [0, 0.05) is 50.3 Å². The summed E-state index contributed by atoms with van der Waals surface area (Å²) in [6.45, 7) is 5.44. The number of nitrogens with one attached hydrogen (secondary N) is 1. The van der Waals surface area contributed by atoms with E-state index in [4.69, 9.17) is 0 Å². The van der Waals surface area contributed by atoms with Gasteiger partial charge in [0.05, 0.1) is 0 Å². The van der Waals surface area contributed by atoms with E-state index in [1.54, 1.807) is 17.0 Å². The molecule has 27 heavy (non-hydrogen) atoms. The van der Waals surface area contributed by atoms with E-state index in [1.165, 1.54) is 6.20 Å². The molecule has 0 fully saturated rings. The number of nitrogens with zero attached hydrogens (tertiary/aromatic N) is 3. The molecule has 0 spiro atoms. The highest BCUT2D eigenvalue weighted by molar-refractivity contribution is 6.05. The molecule has 6 heteroatoms. The van der Waals surface area contributed by atoms with E-state index in [9.17, 15) is 9.59 Å². The monoisotopic (exact) mass is 368 g/mol. The molecular formula is C21H28N4O2. The molecule has 0 saturated heterocycles. The summed E-state index contributed by atoms with van der Waals surface area (Å²) in [6.07, 6.45) is 3.27.